The van der Waals surface area contributed by atoms with E-state index in [1.165, 1.54) is 0 Å². The van der Waals surface area contributed by atoms with Gasteiger partial charge in [-0.25, -0.2) is 0 Å². The summed E-state index contributed by atoms with van der Waals surface area (Å²) < 4.78 is 0. The minimum Gasteiger partial charge on any atom is -0.392 e. The molecular formula is C12H20N2O. The second-order valence-corrected chi connectivity index (χ2v) is 4.40. The third-order valence-electron chi connectivity index (χ3n) is 2.73. The summed E-state index contributed by atoms with van der Waals surface area (Å²) in [6.07, 6.45) is 2.33. The molecule has 2 N–H and O–H groups in total. The van der Waals surface area contributed by atoms with Gasteiger partial charge in [-0.05, 0) is 32.9 Å². The van der Waals surface area contributed by atoms with Gasteiger partial charge in [0.2, 0.25) is 0 Å². The van der Waals surface area contributed by atoms with Gasteiger partial charge in [-0.3, -0.25) is 4.98 Å². The maximum atomic E-state index is 9.50. The molecule has 1 rings (SSSR count). The number of hydrogen-bond acceptors (Lipinski definition) is 3. The lowest BCUT2D eigenvalue weighted by molar-refractivity contribution is 0.0972. The Hall–Kier alpha value is -0.930. The first kappa shape index (κ1) is 12.1. The molecule has 1 unspecified atom stereocenters. The van der Waals surface area contributed by atoms with E-state index in [4.69, 9.17) is 0 Å². The van der Waals surface area contributed by atoms with Crippen LogP contribution in [-0.4, -0.2) is 28.3 Å². The highest BCUT2D eigenvalue weighted by Crippen LogP contribution is 2.07. The van der Waals surface area contributed by atoms with Gasteiger partial charge in [0.05, 0.1) is 6.10 Å². The van der Waals surface area contributed by atoms with E-state index in [9.17, 15) is 5.11 Å². The fourth-order valence-electron chi connectivity index (χ4n) is 1.21. The van der Waals surface area contributed by atoms with Crippen LogP contribution in [0.4, 0.5) is 0 Å². The largest absolute Gasteiger partial charge is 0.392 e. The number of aliphatic hydroxyl groups excluding tert-OH is 1. The summed E-state index contributed by atoms with van der Waals surface area (Å²) in [5.41, 5.74) is 0.834. The number of pyridine rings is 1. The molecule has 3 nitrogen and oxygen atoms in total. The predicted octanol–water partition coefficient (Wildman–Crippen LogP) is 1.37. The molecule has 0 aliphatic rings. The number of aromatic nitrogens is 1. The normalized spacial score (nSPS) is 13.9. The van der Waals surface area contributed by atoms with Gasteiger partial charge in [-0.15, -0.1) is 0 Å². The molecule has 0 aliphatic carbocycles. The predicted molar refractivity (Wildman–Crippen MR) is 61.7 cm³/mol. The summed E-state index contributed by atoms with van der Waals surface area (Å²) in [7, 11) is 0. The lowest BCUT2D eigenvalue weighted by Gasteiger charge is -2.29. The lowest BCUT2D eigenvalue weighted by atomic mass is 9.99. The van der Waals surface area contributed by atoms with E-state index in [0.29, 0.717) is 0 Å². The molecule has 84 valence electrons. The lowest BCUT2D eigenvalue weighted by Crippen LogP contribution is -2.48. The summed E-state index contributed by atoms with van der Waals surface area (Å²) >= 11 is 0. The van der Waals surface area contributed by atoms with Crippen molar-refractivity contribution in [2.45, 2.75) is 38.8 Å². The van der Waals surface area contributed by atoms with Crippen LogP contribution in [0.15, 0.2) is 24.4 Å². The topological polar surface area (TPSA) is 45.1 Å². The number of rotatable bonds is 5. The van der Waals surface area contributed by atoms with Crippen LogP contribution in [-0.2, 0) is 6.42 Å². The smallest absolute Gasteiger partial charge is 0.0688 e. The Bertz CT molecular complexity index is 283. The van der Waals surface area contributed by atoms with E-state index in [2.05, 4.69) is 10.3 Å². The Morgan fingerprint density at radius 2 is 2.20 bits per heavy atom. The van der Waals surface area contributed by atoms with Crippen molar-refractivity contribution in [1.82, 2.24) is 10.3 Å². The van der Waals surface area contributed by atoms with Gasteiger partial charge in [-0.2, -0.15) is 0 Å². The number of nitrogens with one attached hydrogen (secondary N) is 1. The molecular weight excluding hydrogens is 188 g/mol. The highest BCUT2D eigenvalue weighted by atomic mass is 16.3. The molecule has 15 heavy (non-hydrogen) atoms. The van der Waals surface area contributed by atoms with Crippen molar-refractivity contribution in [3.05, 3.63) is 30.1 Å². The molecule has 0 fully saturated rings. The number of aliphatic hydroxyl groups is 1. The molecule has 0 radical (unpaired) electrons. The van der Waals surface area contributed by atoms with Gasteiger partial charge in [0.1, 0.15) is 0 Å². The highest BCUT2D eigenvalue weighted by Gasteiger charge is 2.22. The van der Waals surface area contributed by atoms with E-state index in [1.54, 1.807) is 13.1 Å². The molecule has 0 aliphatic heterocycles. The average molecular weight is 208 g/mol. The van der Waals surface area contributed by atoms with Crippen LogP contribution in [0.5, 0.6) is 0 Å². The second-order valence-electron chi connectivity index (χ2n) is 4.40. The molecule has 0 aromatic carbocycles. The Morgan fingerprint density at radius 3 is 2.73 bits per heavy atom. The first-order chi connectivity index (χ1) is 7.02. The monoisotopic (exact) mass is 208 g/mol. The van der Waals surface area contributed by atoms with Gasteiger partial charge in [0.15, 0.2) is 0 Å². The quantitative estimate of drug-likeness (QED) is 0.768. The summed E-state index contributed by atoms with van der Waals surface area (Å²) in [6, 6.07) is 5.91. The van der Waals surface area contributed by atoms with Gasteiger partial charge in [0.25, 0.3) is 0 Å². The zero-order chi connectivity index (χ0) is 11.3. The van der Waals surface area contributed by atoms with Crippen LogP contribution >= 0.6 is 0 Å². The van der Waals surface area contributed by atoms with Crippen molar-refractivity contribution < 1.29 is 5.11 Å². The van der Waals surface area contributed by atoms with Crippen molar-refractivity contribution >= 4 is 0 Å². The molecule has 0 amide bonds. The fourth-order valence-corrected chi connectivity index (χ4v) is 1.21. The SMILES string of the molecule is CC(O)C(C)(C)NCCc1ccccn1. The molecule has 3 heteroatoms. The number of nitrogens with zero attached hydrogens (tertiary/aromatic N) is 1. The van der Waals surface area contributed by atoms with E-state index < -0.39 is 0 Å². The first-order valence-electron chi connectivity index (χ1n) is 5.35. The maximum Gasteiger partial charge on any atom is 0.0688 e. The summed E-state index contributed by atoms with van der Waals surface area (Å²) in [4.78, 5) is 4.24. The summed E-state index contributed by atoms with van der Waals surface area (Å²) in [5.74, 6) is 0. The third kappa shape index (κ3) is 3.98. The van der Waals surface area contributed by atoms with Gasteiger partial charge in [-0.1, -0.05) is 6.07 Å². The van der Waals surface area contributed by atoms with E-state index in [1.807, 2.05) is 32.0 Å². The summed E-state index contributed by atoms with van der Waals surface area (Å²) in [5, 5.41) is 12.8. The second kappa shape index (κ2) is 5.24. The summed E-state index contributed by atoms with van der Waals surface area (Å²) in [6.45, 7) is 6.62. The molecule has 0 bridgehead atoms. The van der Waals surface area contributed by atoms with Crippen LogP contribution in [0.3, 0.4) is 0 Å². The molecule has 0 spiro atoms. The van der Waals surface area contributed by atoms with Crippen molar-refractivity contribution in [2.24, 2.45) is 0 Å². The fraction of sp³-hybridized carbons (Fsp3) is 0.583. The Morgan fingerprint density at radius 1 is 1.47 bits per heavy atom. The Balaban J connectivity index is 2.34. The molecule has 0 saturated carbocycles. The van der Waals surface area contributed by atoms with Crippen LogP contribution < -0.4 is 5.32 Å². The van der Waals surface area contributed by atoms with Crippen molar-refractivity contribution in [2.75, 3.05) is 6.54 Å². The zero-order valence-electron chi connectivity index (χ0n) is 9.70. The van der Waals surface area contributed by atoms with Gasteiger partial charge >= 0.3 is 0 Å². The van der Waals surface area contributed by atoms with Gasteiger partial charge in [0, 0.05) is 30.4 Å². The molecule has 1 heterocycles. The van der Waals surface area contributed by atoms with Gasteiger partial charge < -0.3 is 10.4 Å². The van der Waals surface area contributed by atoms with Crippen molar-refractivity contribution in [3.8, 4) is 0 Å². The minimum atomic E-state index is -0.360. The van der Waals surface area contributed by atoms with Crippen LogP contribution in [0.2, 0.25) is 0 Å². The first-order valence-corrected chi connectivity index (χ1v) is 5.35. The van der Waals surface area contributed by atoms with Crippen LogP contribution in [0.25, 0.3) is 0 Å². The third-order valence-corrected chi connectivity index (χ3v) is 2.73. The molecule has 0 saturated heterocycles. The Labute approximate surface area is 91.5 Å². The van der Waals surface area contributed by atoms with E-state index in [-0.39, 0.29) is 11.6 Å². The van der Waals surface area contributed by atoms with Crippen molar-refractivity contribution in [1.29, 1.82) is 0 Å². The molecule has 1 aromatic heterocycles. The van der Waals surface area contributed by atoms with Crippen LogP contribution in [0.1, 0.15) is 26.5 Å². The zero-order valence-corrected chi connectivity index (χ0v) is 9.70. The van der Waals surface area contributed by atoms with E-state index in [0.717, 1.165) is 18.7 Å². The standard InChI is InChI=1S/C12H20N2O/c1-10(15)12(2,3)14-9-7-11-6-4-5-8-13-11/h4-6,8,10,14-15H,7,9H2,1-3H3. The van der Waals surface area contributed by atoms with E-state index >= 15 is 0 Å². The Kier molecular flexibility index (Phi) is 4.24. The minimum absolute atomic E-state index is 0.241. The molecule has 1 aromatic rings. The maximum absolute atomic E-state index is 9.50. The average Bonchev–Trinajstić information content (AvgIpc) is 2.19. The van der Waals surface area contributed by atoms with Crippen LogP contribution in [0, 0.1) is 0 Å². The number of hydrogen-bond donors (Lipinski definition) is 2. The molecule has 1 atom stereocenters. The highest BCUT2D eigenvalue weighted by molar-refractivity contribution is 5.04. The van der Waals surface area contributed by atoms with Crippen molar-refractivity contribution in [3.63, 3.8) is 0 Å².